The maximum atomic E-state index is 11.5. The third-order valence-electron chi connectivity index (χ3n) is 1.82. The quantitative estimate of drug-likeness (QED) is 0.794. The maximum absolute atomic E-state index is 11.5. The van der Waals surface area contributed by atoms with Crippen LogP contribution in [0, 0.1) is 6.92 Å². The van der Waals surface area contributed by atoms with Crippen LogP contribution < -0.4 is 10.6 Å². The van der Waals surface area contributed by atoms with Crippen molar-refractivity contribution >= 4 is 22.4 Å². The number of hydrogen-bond acceptors (Lipinski definition) is 5. The van der Waals surface area contributed by atoms with Crippen molar-refractivity contribution in [3.05, 3.63) is 5.01 Å². The van der Waals surface area contributed by atoms with E-state index < -0.39 is 0 Å². The second kappa shape index (κ2) is 5.77. The standard InChI is InChI=1S/C9H16N4OS/c1-4-10-6(2)5-8(14)11-9-13-12-7(3)15-9/h6,10H,4-5H2,1-3H3,(H,11,13,14). The minimum Gasteiger partial charge on any atom is -0.314 e. The molecule has 5 nitrogen and oxygen atoms in total. The number of carbonyl (C=O) groups is 1. The van der Waals surface area contributed by atoms with E-state index in [1.165, 1.54) is 11.3 Å². The SMILES string of the molecule is CCNC(C)CC(=O)Nc1nnc(C)s1. The zero-order chi connectivity index (χ0) is 11.3. The summed E-state index contributed by atoms with van der Waals surface area (Å²) in [6.45, 7) is 6.72. The highest BCUT2D eigenvalue weighted by molar-refractivity contribution is 7.15. The van der Waals surface area contributed by atoms with E-state index in [2.05, 4.69) is 20.8 Å². The fourth-order valence-electron chi connectivity index (χ4n) is 1.22. The summed E-state index contributed by atoms with van der Waals surface area (Å²) < 4.78 is 0. The Kier molecular flexibility index (Phi) is 4.64. The van der Waals surface area contributed by atoms with Crippen LogP contribution in [0.15, 0.2) is 0 Å². The molecule has 1 aromatic rings. The molecule has 0 radical (unpaired) electrons. The summed E-state index contributed by atoms with van der Waals surface area (Å²) in [5, 5.41) is 15.0. The summed E-state index contributed by atoms with van der Waals surface area (Å²) in [5.74, 6) is -0.0281. The molecule has 0 aliphatic heterocycles. The molecule has 1 aromatic heterocycles. The molecule has 0 saturated carbocycles. The third-order valence-corrected chi connectivity index (χ3v) is 2.57. The monoisotopic (exact) mass is 228 g/mol. The van der Waals surface area contributed by atoms with Crippen LogP contribution in [-0.4, -0.2) is 28.7 Å². The Morgan fingerprint density at radius 1 is 1.53 bits per heavy atom. The molecule has 0 saturated heterocycles. The highest BCUT2D eigenvalue weighted by Crippen LogP contribution is 2.13. The highest BCUT2D eigenvalue weighted by atomic mass is 32.1. The predicted molar refractivity (Wildman–Crippen MR) is 61.0 cm³/mol. The molecular weight excluding hydrogens is 212 g/mol. The van der Waals surface area contributed by atoms with E-state index in [0.717, 1.165) is 11.6 Å². The van der Waals surface area contributed by atoms with Gasteiger partial charge in [-0.2, -0.15) is 0 Å². The van der Waals surface area contributed by atoms with Crippen molar-refractivity contribution in [1.82, 2.24) is 15.5 Å². The van der Waals surface area contributed by atoms with Crippen molar-refractivity contribution in [3.8, 4) is 0 Å². The summed E-state index contributed by atoms with van der Waals surface area (Å²) >= 11 is 1.38. The van der Waals surface area contributed by atoms with Crippen LogP contribution in [0.5, 0.6) is 0 Å². The zero-order valence-electron chi connectivity index (χ0n) is 9.20. The molecule has 1 unspecified atom stereocenters. The Bertz CT molecular complexity index is 326. The summed E-state index contributed by atoms with van der Waals surface area (Å²) in [6, 6.07) is 0.184. The molecule has 0 fully saturated rings. The van der Waals surface area contributed by atoms with E-state index in [1.807, 2.05) is 20.8 Å². The molecule has 0 spiro atoms. The topological polar surface area (TPSA) is 66.9 Å². The zero-order valence-corrected chi connectivity index (χ0v) is 10.0. The van der Waals surface area contributed by atoms with Gasteiger partial charge in [0.05, 0.1) is 0 Å². The molecule has 1 atom stereocenters. The molecule has 2 N–H and O–H groups in total. The first-order chi connectivity index (χ1) is 7.11. The van der Waals surface area contributed by atoms with Gasteiger partial charge in [0.1, 0.15) is 5.01 Å². The van der Waals surface area contributed by atoms with Crippen LogP contribution >= 0.6 is 11.3 Å². The molecule has 84 valence electrons. The number of nitrogens with zero attached hydrogens (tertiary/aromatic N) is 2. The van der Waals surface area contributed by atoms with Gasteiger partial charge in [-0.15, -0.1) is 10.2 Å². The Morgan fingerprint density at radius 2 is 2.27 bits per heavy atom. The first kappa shape index (κ1) is 12.1. The smallest absolute Gasteiger partial charge is 0.227 e. The van der Waals surface area contributed by atoms with Gasteiger partial charge < -0.3 is 10.6 Å². The van der Waals surface area contributed by atoms with Crippen LogP contribution in [0.3, 0.4) is 0 Å². The highest BCUT2D eigenvalue weighted by Gasteiger charge is 2.09. The Balaban J connectivity index is 2.36. The van der Waals surface area contributed by atoms with E-state index in [9.17, 15) is 4.79 Å². The van der Waals surface area contributed by atoms with E-state index >= 15 is 0 Å². The summed E-state index contributed by atoms with van der Waals surface area (Å²) in [6.07, 6.45) is 0.451. The van der Waals surface area contributed by atoms with Crippen molar-refractivity contribution in [3.63, 3.8) is 0 Å². The number of amides is 1. The molecule has 1 amide bonds. The molecule has 0 bridgehead atoms. The third kappa shape index (κ3) is 4.35. The number of hydrogen-bond donors (Lipinski definition) is 2. The van der Waals surface area contributed by atoms with E-state index in [0.29, 0.717) is 11.6 Å². The van der Waals surface area contributed by atoms with Gasteiger partial charge in [-0.05, 0) is 20.4 Å². The molecule has 0 aliphatic rings. The Labute approximate surface area is 93.3 Å². The van der Waals surface area contributed by atoms with Gasteiger partial charge in [0.15, 0.2) is 0 Å². The Hall–Kier alpha value is -1.01. The summed E-state index contributed by atoms with van der Waals surface area (Å²) in [5.41, 5.74) is 0. The lowest BCUT2D eigenvalue weighted by Gasteiger charge is -2.10. The molecule has 1 rings (SSSR count). The average molecular weight is 228 g/mol. The van der Waals surface area contributed by atoms with E-state index in [1.54, 1.807) is 0 Å². The summed E-state index contributed by atoms with van der Waals surface area (Å²) in [7, 11) is 0. The number of aromatic nitrogens is 2. The van der Waals surface area contributed by atoms with Gasteiger partial charge in [0, 0.05) is 12.5 Å². The first-order valence-corrected chi connectivity index (χ1v) is 5.76. The van der Waals surface area contributed by atoms with Crippen LogP contribution in [0.2, 0.25) is 0 Å². The van der Waals surface area contributed by atoms with Crippen LogP contribution in [-0.2, 0) is 4.79 Å². The lowest BCUT2D eigenvalue weighted by atomic mass is 10.2. The van der Waals surface area contributed by atoms with E-state index in [-0.39, 0.29) is 11.9 Å². The number of anilines is 1. The molecule has 0 aromatic carbocycles. The normalized spacial score (nSPS) is 12.5. The van der Waals surface area contributed by atoms with Crippen LogP contribution in [0.4, 0.5) is 5.13 Å². The number of carbonyl (C=O) groups excluding carboxylic acids is 1. The van der Waals surface area contributed by atoms with Crippen molar-refractivity contribution in [2.45, 2.75) is 33.2 Å². The molecule has 6 heteroatoms. The van der Waals surface area contributed by atoms with Crippen molar-refractivity contribution in [1.29, 1.82) is 0 Å². The summed E-state index contributed by atoms with van der Waals surface area (Å²) in [4.78, 5) is 11.5. The van der Waals surface area contributed by atoms with Gasteiger partial charge in [0.2, 0.25) is 11.0 Å². The second-order valence-electron chi connectivity index (χ2n) is 3.34. The molecular formula is C9H16N4OS. The molecule has 15 heavy (non-hydrogen) atoms. The fraction of sp³-hybridized carbons (Fsp3) is 0.667. The minimum absolute atomic E-state index is 0.0281. The lowest BCUT2D eigenvalue weighted by molar-refractivity contribution is -0.116. The van der Waals surface area contributed by atoms with Gasteiger partial charge in [-0.3, -0.25) is 4.79 Å². The van der Waals surface area contributed by atoms with Crippen molar-refractivity contribution < 1.29 is 4.79 Å². The Morgan fingerprint density at radius 3 is 2.80 bits per heavy atom. The average Bonchev–Trinajstić information content (AvgIpc) is 2.51. The number of rotatable bonds is 5. The van der Waals surface area contributed by atoms with Crippen LogP contribution in [0.25, 0.3) is 0 Å². The van der Waals surface area contributed by atoms with Gasteiger partial charge in [0.25, 0.3) is 0 Å². The van der Waals surface area contributed by atoms with Gasteiger partial charge in [-0.25, -0.2) is 0 Å². The first-order valence-electron chi connectivity index (χ1n) is 4.95. The maximum Gasteiger partial charge on any atom is 0.227 e. The fourth-order valence-corrected chi connectivity index (χ4v) is 1.82. The van der Waals surface area contributed by atoms with Gasteiger partial charge in [-0.1, -0.05) is 18.3 Å². The van der Waals surface area contributed by atoms with Crippen molar-refractivity contribution in [2.24, 2.45) is 0 Å². The number of nitrogens with one attached hydrogen (secondary N) is 2. The van der Waals surface area contributed by atoms with Crippen LogP contribution in [0.1, 0.15) is 25.3 Å². The minimum atomic E-state index is -0.0281. The van der Waals surface area contributed by atoms with Gasteiger partial charge >= 0.3 is 0 Å². The number of aryl methyl sites for hydroxylation is 1. The lowest BCUT2D eigenvalue weighted by Crippen LogP contribution is -2.30. The van der Waals surface area contributed by atoms with E-state index in [4.69, 9.17) is 0 Å². The largest absolute Gasteiger partial charge is 0.314 e. The van der Waals surface area contributed by atoms with Crippen molar-refractivity contribution in [2.75, 3.05) is 11.9 Å². The predicted octanol–water partition coefficient (Wildman–Crippen LogP) is 1.17. The molecule has 0 aliphatic carbocycles. The molecule has 1 heterocycles. The second-order valence-corrected chi connectivity index (χ2v) is 4.52.